The Labute approximate surface area is 76.6 Å². The van der Waals surface area contributed by atoms with Crippen LogP contribution in [0.25, 0.3) is 0 Å². The second-order valence-corrected chi connectivity index (χ2v) is 3.87. The molecule has 2 heteroatoms. The number of hydrogen-bond acceptors (Lipinski definition) is 0. The van der Waals surface area contributed by atoms with Gasteiger partial charge in [0.05, 0.1) is 0 Å². The summed E-state index contributed by atoms with van der Waals surface area (Å²) in [5, 5.41) is 0. The van der Waals surface area contributed by atoms with Crippen LogP contribution in [0.5, 0.6) is 0 Å². The fourth-order valence-electron chi connectivity index (χ4n) is 1.96. The molecule has 13 heavy (non-hydrogen) atoms. The summed E-state index contributed by atoms with van der Waals surface area (Å²) in [6.45, 7) is 2.10. The van der Waals surface area contributed by atoms with E-state index < -0.39 is 5.82 Å². The molecule has 0 radical (unpaired) electrons. The molecule has 70 valence electrons. The molecule has 0 aromatic heterocycles. The van der Waals surface area contributed by atoms with Gasteiger partial charge in [0.15, 0.2) is 0 Å². The van der Waals surface area contributed by atoms with Gasteiger partial charge in [-0.15, -0.1) is 0 Å². The highest BCUT2D eigenvalue weighted by atomic mass is 19.1. The van der Waals surface area contributed by atoms with E-state index in [9.17, 15) is 8.78 Å². The fraction of sp³-hybridized carbons (Fsp3) is 0.455. The van der Waals surface area contributed by atoms with E-state index in [0.717, 1.165) is 36.5 Å². The molecule has 1 aliphatic rings. The predicted octanol–water partition coefficient (Wildman–Crippen LogP) is 3.09. The minimum Gasteiger partial charge on any atom is -0.207 e. The summed E-state index contributed by atoms with van der Waals surface area (Å²) in [4.78, 5) is 0. The normalized spacial score (nSPS) is 21.3. The van der Waals surface area contributed by atoms with Crippen LogP contribution in [0.3, 0.4) is 0 Å². The molecule has 1 aliphatic carbocycles. The summed E-state index contributed by atoms with van der Waals surface area (Å²) in [6.07, 6.45) is 2.60. The van der Waals surface area contributed by atoms with Crippen molar-refractivity contribution >= 4 is 0 Å². The SMILES string of the molecule is CC1CCc2cc(F)cc(F)c2C1. The van der Waals surface area contributed by atoms with Crippen molar-refractivity contribution in [2.75, 3.05) is 0 Å². The highest BCUT2D eigenvalue weighted by molar-refractivity contribution is 5.31. The van der Waals surface area contributed by atoms with Crippen LogP contribution < -0.4 is 0 Å². The smallest absolute Gasteiger partial charge is 0.129 e. The molecule has 0 spiro atoms. The van der Waals surface area contributed by atoms with E-state index in [2.05, 4.69) is 6.92 Å². The van der Waals surface area contributed by atoms with Crippen LogP contribution in [0.1, 0.15) is 24.5 Å². The zero-order valence-corrected chi connectivity index (χ0v) is 7.61. The van der Waals surface area contributed by atoms with Crippen molar-refractivity contribution in [2.45, 2.75) is 26.2 Å². The van der Waals surface area contributed by atoms with Crippen molar-refractivity contribution in [2.24, 2.45) is 5.92 Å². The summed E-state index contributed by atoms with van der Waals surface area (Å²) in [5.41, 5.74) is 1.58. The van der Waals surface area contributed by atoms with E-state index in [1.807, 2.05) is 0 Å². The summed E-state index contributed by atoms with van der Waals surface area (Å²) in [5.74, 6) is -0.306. The highest BCUT2D eigenvalue weighted by Crippen LogP contribution is 2.27. The van der Waals surface area contributed by atoms with Crippen molar-refractivity contribution in [3.05, 3.63) is 34.9 Å². The minimum atomic E-state index is -0.453. The van der Waals surface area contributed by atoms with Crippen molar-refractivity contribution in [3.8, 4) is 0 Å². The van der Waals surface area contributed by atoms with Crippen molar-refractivity contribution in [1.29, 1.82) is 0 Å². The van der Waals surface area contributed by atoms with Crippen LogP contribution in [0, 0.1) is 17.6 Å². The molecule has 1 aromatic carbocycles. The maximum Gasteiger partial charge on any atom is 0.129 e. The van der Waals surface area contributed by atoms with Gasteiger partial charge in [0, 0.05) is 6.07 Å². The van der Waals surface area contributed by atoms with Crippen molar-refractivity contribution in [1.82, 2.24) is 0 Å². The van der Waals surface area contributed by atoms with Gasteiger partial charge in [-0.25, -0.2) is 8.78 Å². The van der Waals surface area contributed by atoms with Gasteiger partial charge < -0.3 is 0 Å². The van der Waals surface area contributed by atoms with E-state index in [1.165, 1.54) is 6.07 Å². The molecule has 1 atom stereocenters. The molecule has 0 N–H and O–H groups in total. The molecule has 1 aromatic rings. The van der Waals surface area contributed by atoms with Crippen LogP contribution in [-0.4, -0.2) is 0 Å². The number of halogens is 2. The van der Waals surface area contributed by atoms with Crippen molar-refractivity contribution in [3.63, 3.8) is 0 Å². The molecule has 0 nitrogen and oxygen atoms in total. The second-order valence-electron chi connectivity index (χ2n) is 3.87. The van der Waals surface area contributed by atoms with E-state index in [-0.39, 0.29) is 5.82 Å². The molecule has 0 heterocycles. The Morgan fingerprint density at radius 3 is 2.85 bits per heavy atom. The van der Waals surface area contributed by atoms with Gasteiger partial charge in [0.1, 0.15) is 11.6 Å². The number of fused-ring (bicyclic) bond motifs is 1. The fourth-order valence-corrected chi connectivity index (χ4v) is 1.96. The second kappa shape index (κ2) is 3.09. The highest BCUT2D eigenvalue weighted by Gasteiger charge is 2.19. The van der Waals surface area contributed by atoms with Crippen LogP contribution in [-0.2, 0) is 12.8 Å². The first kappa shape index (κ1) is 8.67. The molecule has 1 unspecified atom stereocenters. The van der Waals surface area contributed by atoms with Gasteiger partial charge in [0.2, 0.25) is 0 Å². The third-order valence-corrected chi connectivity index (χ3v) is 2.71. The Morgan fingerprint density at radius 1 is 1.31 bits per heavy atom. The molecule has 0 amide bonds. The lowest BCUT2D eigenvalue weighted by Gasteiger charge is -2.21. The van der Waals surface area contributed by atoms with Crippen LogP contribution in [0.15, 0.2) is 12.1 Å². The van der Waals surface area contributed by atoms with Crippen LogP contribution in [0.4, 0.5) is 8.78 Å². The first-order valence-corrected chi connectivity index (χ1v) is 4.63. The Hall–Kier alpha value is -0.920. The third kappa shape index (κ3) is 1.58. The summed E-state index contributed by atoms with van der Waals surface area (Å²) >= 11 is 0. The van der Waals surface area contributed by atoms with Crippen LogP contribution >= 0.6 is 0 Å². The first-order valence-electron chi connectivity index (χ1n) is 4.63. The number of rotatable bonds is 0. The average Bonchev–Trinajstić information content (AvgIpc) is 2.06. The lowest BCUT2D eigenvalue weighted by molar-refractivity contribution is 0.471. The van der Waals surface area contributed by atoms with Crippen molar-refractivity contribution < 1.29 is 8.78 Å². The zero-order valence-electron chi connectivity index (χ0n) is 7.61. The lowest BCUT2D eigenvalue weighted by Crippen LogP contribution is -2.13. The van der Waals surface area contributed by atoms with Gasteiger partial charge in [-0.05, 0) is 42.4 Å². The number of aryl methyl sites for hydroxylation is 1. The lowest BCUT2D eigenvalue weighted by atomic mass is 9.85. The van der Waals surface area contributed by atoms with E-state index in [0.29, 0.717) is 5.92 Å². The van der Waals surface area contributed by atoms with E-state index >= 15 is 0 Å². The van der Waals surface area contributed by atoms with Crippen LogP contribution in [0.2, 0.25) is 0 Å². The Balaban J connectivity index is 2.47. The van der Waals surface area contributed by atoms with Gasteiger partial charge >= 0.3 is 0 Å². The monoisotopic (exact) mass is 182 g/mol. The molecule has 0 aliphatic heterocycles. The third-order valence-electron chi connectivity index (χ3n) is 2.71. The van der Waals surface area contributed by atoms with Gasteiger partial charge in [-0.2, -0.15) is 0 Å². The molecule has 0 fully saturated rings. The predicted molar refractivity (Wildman–Crippen MR) is 47.5 cm³/mol. The maximum absolute atomic E-state index is 13.3. The summed E-state index contributed by atoms with van der Waals surface area (Å²) in [7, 11) is 0. The van der Waals surface area contributed by atoms with Gasteiger partial charge in [-0.3, -0.25) is 0 Å². The quantitative estimate of drug-likeness (QED) is 0.578. The summed E-state index contributed by atoms with van der Waals surface area (Å²) < 4.78 is 26.1. The standard InChI is InChI=1S/C11H12F2/c1-7-2-3-8-5-9(12)6-11(13)10(8)4-7/h5-7H,2-4H2,1H3. The molecule has 0 bridgehead atoms. The molecule has 0 saturated heterocycles. The largest absolute Gasteiger partial charge is 0.207 e. The Bertz CT molecular complexity index is 331. The summed E-state index contributed by atoms with van der Waals surface area (Å²) in [6, 6.07) is 2.45. The molecule has 2 rings (SSSR count). The number of benzene rings is 1. The van der Waals surface area contributed by atoms with E-state index in [4.69, 9.17) is 0 Å². The zero-order chi connectivity index (χ0) is 9.42. The Kier molecular flexibility index (Phi) is 2.06. The Morgan fingerprint density at radius 2 is 2.08 bits per heavy atom. The van der Waals surface area contributed by atoms with Gasteiger partial charge in [-0.1, -0.05) is 6.92 Å². The first-order chi connectivity index (χ1) is 6.16. The number of hydrogen-bond donors (Lipinski definition) is 0. The van der Waals surface area contributed by atoms with E-state index in [1.54, 1.807) is 0 Å². The molecular weight excluding hydrogens is 170 g/mol. The topological polar surface area (TPSA) is 0 Å². The maximum atomic E-state index is 13.3. The van der Waals surface area contributed by atoms with Gasteiger partial charge in [0.25, 0.3) is 0 Å². The molecular formula is C11H12F2. The average molecular weight is 182 g/mol. The molecule has 0 saturated carbocycles. The minimum absolute atomic E-state index is 0.374.